The minimum absolute atomic E-state index is 0.207. The number of ether oxygens (including phenoxy) is 3. The lowest BCUT2D eigenvalue weighted by atomic mass is 10.2. The maximum atomic E-state index is 12.4. The monoisotopic (exact) mass is 329 g/mol. The molecule has 126 valence electrons. The third kappa shape index (κ3) is 2.77. The first-order chi connectivity index (χ1) is 11.7. The molecule has 0 saturated heterocycles. The van der Waals surface area contributed by atoms with E-state index in [1.54, 1.807) is 31.3 Å². The van der Waals surface area contributed by atoms with Gasteiger partial charge < -0.3 is 24.1 Å². The van der Waals surface area contributed by atoms with Gasteiger partial charge >= 0.3 is 0 Å². The number of carbonyl (C=O) groups excluding carboxylic acids is 1. The second-order valence-corrected chi connectivity index (χ2v) is 5.93. The van der Waals surface area contributed by atoms with Gasteiger partial charge in [-0.25, -0.2) is 4.98 Å². The van der Waals surface area contributed by atoms with Crippen LogP contribution in [0, 0.1) is 0 Å². The summed E-state index contributed by atoms with van der Waals surface area (Å²) in [5.74, 6) is 3.44. The summed E-state index contributed by atoms with van der Waals surface area (Å²) in [5, 5.41) is 2.90. The first kappa shape index (κ1) is 14.9. The lowest BCUT2D eigenvalue weighted by molar-refractivity contribution is -0.122. The summed E-state index contributed by atoms with van der Waals surface area (Å²) in [6.07, 6.45) is 4.29. The van der Waals surface area contributed by atoms with Crippen molar-refractivity contribution in [1.82, 2.24) is 9.55 Å². The minimum atomic E-state index is -0.639. The molecule has 24 heavy (non-hydrogen) atoms. The van der Waals surface area contributed by atoms with E-state index in [-0.39, 0.29) is 12.7 Å². The molecule has 0 aliphatic carbocycles. The van der Waals surface area contributed by atoms with Crippen LogP contribution in [0.15, 0.2) is 24.4 Å². The predicted molar refractivity (Wildman–Crippen MR) is 86.4 cm³/mol. The quantitative estimate of drug-likeness (QED) is 0.932. The van der Waals surface area contributed by atoms with Gasteiger partial charge in [-0.15, -0.1) is 0 Å². The van der Waals surface area contributed by atoms with Gasteiger partial charge in [-0.2, -0.15) is 0 Å². The number of anilines is 1. The van der Waals surface area contributed by atoms with Crippen LogP contribution in [0.3, 0.4) is 0 Å². The van der Waals surface area contributed by atoms with E-state index in [9.17, 15) is 4.79 Å². The lowest BCUT2D eigenvalue weighted by Crippen LogP contribution is -2.31. The Morgan fingerprint density at radius 2 is 2.21 bits per heavy atom. The molecule has 0 fully saturated rings. The Morgan fingerprint density at radius 1 is 1.33 bits per heavy atom. The van der Waals surface area contributed by atoms with Crippen molar-refractivity contribution in [3.05, 3.63) is 30.2 Å². The standard InChI is InChI=1S/C17H19N3O4/c1-11(24-12-5-6-13-14(8-12)23-10-22-13)17(21)19-16-9-18-15-4-2-3-7-20(15)16/h5-6,8-9,11H,2-4,7,10H2,1H3,(H,19,21). The lowest BCUT2D eigenvalue weighted by Gasteiger charge is -2.18. The Morgan fingerprint density at radius 3 is 3.12 bits per heavy atom. The minimum Gasteiger partial charge on any atom is -0.481 e. The van der Waals surface area contributed by atoms with Crippen molar-refractivity contribution >= 4 is 11.7 Å². The van der Waals surface area contributed by atoms with E-state index in [1.807, 2.05) is 0 Å². The van der Waals surface area contributed by atoms with Crippen molar-refractivity contribution in [2.75, 3.05) is 12.1 Å². The first-order valence-corrected chi connectivity index (χ1v) is 8.12. The number of hydrogen-bond acceptors (Lipinski definition) is 5. The molecule has 3 heterocycles. The summed E-state index contributed by atoms with van der Waals surface area (Å²) < 4.78 is 18.4. The SMILES string of the molecule is CC(Oc1ccc2c(c1)OCO2)C(=O)Nc1cnc2n1CCCC2. The van der Waals surface area contributed by atoms with Crippen LogP contribution in [0.5, 0.6) is 17.2 Å². The van der Waals surface area contributed by atoms with Crippen molar-refractivity contribution in [2.24, 2.45) is 0 Å². The second kappa shape index (κ2) is 6.07. The number of nitrogens with one attached hydrogen (secondary N) is 1. The molecular weight excluding hydrogens is 310 g/mol. The molecule has 0 spiro atoms. The van der Waals surface area contributed by atoms with Crippen molar-refractivity contribution in [3.63, 3.8) is 0 Å². The predicted octanol–water partition coefficient (Wildman–Crippen LogP) is 2.35. The summed E-state index contributed by atoms with van der Waals surface area (Å²) in [6.45, 7) is 2.82. The van der Waals surface area contributed by atoms with Crippen molar-refractivity contribution in [2.45, 2.75) is 38.8 Å². The van der Waals surface area contributed by atoms with Crippen LogP contribution in [-0.4, -0.2) is 28.4 Å². The topological polar surface area (TPSA) is 74.6 Å². The molecular formula is C17H19N3O4. The Bertz CT molecular complexity index is 771. The molecule has 1 aromatic heterocycles. The fourth-order valence-corrected chi connectivity index (χ4v) is 2.95. The molecule has 1 atom stereocenters. The van der Waals surface area contributed by atoms with E-state index in [1.165, 1.54) is 0 Å². The van der Waals surface area contributed by atoms with Crippen LogP contribution in [0.4, 0.5) is 5.82 Å². The van der Waals surface area contributed by atoms with E-state index in [0.717, 1.165) is 37.4 Å². The second-order valence-electron chi connectivity index (χ2n) is 5.93. The molecule has 7 nitrogen and oxygen atoms in total. The molecule has 7 heteroatoms. The molecule has 1 amide bonds. The smallest absolute Gasteiger partial charge is 0.266 e. The van der Waals surface area contributed by atoms with Gasteiger partial charge in [0, 0.05) is 19.0 Å². The highest BCUT2D eigenvalue weighted by Gasteiger charge is 2.21. The summed E-state index contributed by atoms with van der Waals surface area (Å²) in [5.41, 5.74) is 0. The molecule has 1 unspecified atom stereocenters. The number of nitrogens with zero attached hydrogens (tertiary/aromatic N) is 2. The largest absolute Gasteiger partial charge is 0.481 e. The average molecular weight is 329 g/mol. The Kier molecular flexibility index (Phi) is 3.76. The highest BCUT2D eigenvalue weighted by Crippen LogP contribution is 2.35. The number of fused-ring (bicyclic) bond motifs is 2. The van der Waals surface area contributed by atoms with E-state index in [0.29, 0.717) is 17.2 Å². The molecule has 1 aromatic carbocycles. The average Bonchev–Trinajstić information content (AvgIpc) is 3.21. The van der Waals surface area contributed by atoms with Crippen LogP contribution in [-0.2, 0) is 17.8 Å². The van der Waals surface area contributed by atoms with Gasteiger partial charge in [0.1, 0.15) is 17.4 Å². The van der Waals surface area contributed by atoms with E-state index >= 15 is 0 Å². The van der Waals surface area contributed by atoms with Crippen molar-refractivity contribution < 1.29 is 19.0 Å². The van der Waals surface area contributed by atoms with Crippen LogP contribution in [0.25, 0.3) is 0 Å². The van der Waals surface area contributed by atoms with Crippen LogP contribution < -0.4 is 19.5 Å². The van der Waals surface area contributed by atoms with E-state index in [4.69, 9.17) is 14.2 Å². The van der Waals surface area contributed by atoms with Crippen molar-refractivity contribution in [1.29, 1.82) is 0 Å². The fourth-order valence-electron chi connectivity index (χ4n) is 2.95. The zero-order valence-corrected chi connectivity index (χ0v) is 13.4. The zero-order valence-electron chi connectivity index (χ0n) is 13.4. The Labute approximate surface area is 139 Å². The van der Waals surface area contributed by atoms with Gasteiger partial charge in [-0.1, -0.05) is 0 Å². The maximum absolute atomic E-state index is 12.4. The molecule has 1 N–H and O–H groups in total. The Hall–Kier alpha value is -2.70. The first-order valence-electron chi connectivity index (χ1n) is 8.12. The van der Waals surface area contributed by atoms with E-state index in [2.05, 4.69) is 14.9 Å². The number of carbonyl (C=O) groups is 1. The van der Waals surface area contributed by atoms with Crippen LogP contribution >= 0.6 is 0 Å². The van der Waals surface area contributed by atoms with Gasteiger partial charge in [0.25, 0.3) is 5.91 Å². The van der Waals surface area contributed by atoms with Crippen LogP contribution in [0.2, 0.25) is 0 Å². The molecule has 2 aliphatic rings. The normalized spacial score (nSPS) is 16.4. The molecule has 0 radical (unpaired) electrons. The van der Waals surface area contributed by atoms with Gasteiger partial charge in [0.15, 0.2) is 17.6 Å². The van der Waals surface area contributed by atoms with Crippen molar-refractivity contribution in [3.8, 4) is 17.2 Å². The third-order valence-electron chi connectivity index (χ3n) is 4.25. The fraction of sp³-hybridized carbons (Fsp3) is 0.412. The Balaban J connectivity index is 1.42. The highest BCUT2D eigenvalue weighted by molar-refractivity contribution is 5.93. The maximum Gasteiger partial charge on any atom is 0.266 e. The summed E-state index contributed by atoms with van der Waals surface area (Å²) in [6, 6.07) is 5.26. The molecule has 2 aromatic rings. The number of hydrogen-bond donors (Lipinski definition) is 1. The number of amides is 1. The van der Waals surface area contributed by atoms with Gasteiger partial charge in [0.05, 0.1) is 6.20 Å². The molecule has 0 bridgehead atoms. The third-order valence-corrected chi connectivity index (χ3v) is 4.25. The highest BCUT2D eigenvalue weighted by atomic mass is 16.7. The zero-order chi connectivity index (χ0) is 16.5. The summed E-state index contributed by atoms with van der Waals surface area (Å²) >= 11 is 0. The molecule has 2 aliphatic heterocycles. The molecule has 0 saturated carbocycles. The number of aryl methyl sites for hydroxylation is 1. The number of rotatable bonds is 4. The van der Waals surface area contributed by atoms with Crippen LogP contribution in [0.1, 0.15) is 25.6 Å². The van der Waals surface area contributed by atoms with Gasteiger partial charge in [0.2, 0.25) is 6.79 Å². The number of imidazole rings is 1. The number of aromatic nitrogens is 2. The summed E-state index contributed by atoms with van der Waals surface area (Å²) in [7, 11) is 0. The molecule has 4 rings (SSSR count). The summed E-state index contributed by atoms with van der Waals surface area (Å²) in [4.78, 5) is 16.8. The van der Waals surface area contributed by atoms with Gasteiger partial charge in [-0.05, 0) is 31.9 Å². The number of benzene rings is 1. The van der Waals surface area contributed by atoms with Gasteiger partial charge in [-0.3, -0.25) is 4.79 Å². The van der Waals surface area contributed by atoms with E-state index < -0.39 is 6.10 Å².